The number of hydrogen-bond donors (Lipinski definition) is 2. The molecule has 0 saturated heterocycles. The Kier molecular flexibility index (Phi) is 4.40. The molecule has 10 heteroatoms. The largest absolute Gasteiger partial charge is 0.338 e. The van der Waals surface area contributed by atoms with E-state index in [2.05, 4.69) is 20.0 Å². The van der Waals surface area contributed by atoms with Gasteiger partial charge in [0, 0.05) is 6.54 Å². The van der Waals surface area contributed by atoms with Gasteiger partial charge in [0.15, 0.2) is 5.82 Å². The zero-order valence-electron chi connectivity index (χ0n) is 12.1. The van der Waals surface area contributed by atoms with Crippen LogP contribution < -0.4 is 10.5 Å². The summed E-state index contributed by atoms with van der Waals surface area (Å²) in [5.74, 6) is 0.660. The minimum absolute atomic E-state index is 0.0654. The van der Waals surface area contributed by atoms with Crippen LogP contribution in [0.5, 0.6) is 0 Å². The van der Waals surface area contributed by atoms with E-state index in [1.807, 2.05) is 0 Å². The molecule has 0 aliphatic carbocycles. The van der Waals surface area contributed by atoms with Gasteiger partial charge >= 0.3 is 0 Å². The summed E-state index contributed by atoms with van der Waals surface area (Å²) < 4.78 is 33.7. The first-order chi connectivity index (χ1) is 9.85. The zero-order chi connectivity index (χ0) is 15.6. The van der Waals surface area contributed by atoms with Crippen LogP contribution in [0.3, 0.4) is 0 Å². The lowest BCUT2D eigenvalue weighted by Gasteiger charge is -2.06. The van der Waals surface area contributed by atoms with Crippen molar-refractivity contribution in [1.82, 2.24) is 24.6 Å². The van der Waals surface area contributed by atoms with E-state index in [1.165, 1.54) is 0 Å². The maximum Gasteiger partial charge on any atom is 0.244 e. The van der Waals surface area contributed by atoms with E-state index in [9.17, 15) is 8.42 Å². The van der Waals surface area contributed by atoms with Crippen LogP contribution in [-0.2, 0) is 23.1 Å². The van der Waals surface area contributed by atoms with Gasteiger partial charge in [-0.25, -0.2) is 13.1 Å². The van der Waals surface area contributed by atoms with Gasteiger partial charge in [0.05, 0.1) is 24.5 Å². The molecule has 0 amide bonds. The van der Waals surface area contributed by atoms with Gasteiger partial charge in [0.1, 0.15) is 4.90 Å². The van der Waals surface area contributed by atoms with E-state index in [0.717, 1.165) is 0 Å². The number of aromatic nitrogens is 4. The van der Waals surface area contributed by atoms with Crippen LogP contribution in [0, 0.1) is 20.8 Å². The Morgan fingerprint density at radius 1 is 1.33 bits per heavy atom. The highest BCUT2D eigenvalue weighted by molar-refractivity contribution is 7.89. The fourth-order valence-electron chi connectivity index (χ4n) is 2.05. The fourth-order valence-corrected chi connectivity index (χ4v) is 3.43. The molecule has 116 valence electrons. The van der Waals surface area contributed by atoms with E-state index >= 15 is 0 Å². The Morgan fingerprint density at radius 2 is 2.05 bits per heavy atom. The molecule has 0 aliphatic rings. The van der Waals surface area contributed by atoms with E-state index in [4.69, 9.17) is 10.3 Å². The van der Waals surface area contributed by atoms with Gasteiger partial charge in [-0.1, -0.05) is 5.16 Å². The van der Waals surface area contributed by atoms with Crippen LogP contribution >= 0.6 is 0 Å². The second kappa shape index (κ2) is 5.92. The number of nitrogens with two attached hydrogens (primary N) is 1. The first-order valence-electron chi connectivity index (χ1n) is 6.38. The van der Waals surface area contributed by atoms with Crippen LogP contribution in [0.15, 0.2) is 9.42 Å². The van der Waals surface area contributed by atoms with Gasteiger partial charge in [-0.15, -0.1) is 0 Å². The maximum atomic E-state index is 12.4. The molecule has 0 spiro atoms. The van der Waals surface area contributed by atoms with E-state index in [-0.39, 0.29) is 17.3 Å². The summed E-state index contributed by atoms with van der Waals surface area (Å²) in [6, 6.07) is 0. The maximum absolute atomic E-state index is 12.4. The molecule has 9 nitrogen and oxygen atoms in total. The SMILES string of the molecule is Cc1noc(CNS(=O)(=O)c2c(C)nn(CCN)c2C)n1. The van der Waals surface area contributed by atoms with Crippen LogP contribution in [0.2, 0.25) is 0 Å². The molecule has 0 aromatic carbocycles. The monoisotopic (exact) mass is 314 g/mol. The number of hydrogen-bond acceptors (Lipinski definition) is 7. The lowest BCUT2D eigenvalue weighted by molar-refractivity contribution is 0.372. The number of aryl methyl sites for hydroxylation is 2. The number of sulfonamides is 1. The number of nitrogens with one attached hydrogen (secondary N) is 1. The van der Waals surface area contributed by atoms with Gasteiger partial charge in [0.25, 0.3) is 0 Å². The minimum atomic E-state index is -3.71. The molecule has 2 aromatic heterocycles. The molecule has 0 fully saturated rings. The predicted molar refractivity (Wildman–Crippen MR) is 73.8 cm³/mol. The predicted octanol–water partition coefficient (Wildman–Crippen LogP) is -0.371. The molecule has 2 heterocycles. The quantitative estimate of drug-likeness (QED) is 0.744. The molecule has 0 saturated carbocycles. The first-order valence-corrected chi connectivity index (χ1v) is 7.86. The Morgan fingerprint density at radius 3 is 2.62 bits per heavy atom. The normalized spacial score (nSPS) is 12.0. The molecule has 0 bridgehead atoms. The zero-order valence-corrected chi connectivity index (χ0v) is 12.9. The molecule has 2 aromatic rings. The summed E-state index contributed by atoms with van der Waals surface area (Å²) in [4.78, 5) is 4.10. The van der Waals surface area contributed by atoms with E-state index < -0.39 is 10.0 Å². The number of rotatable bonds is 6. The second-order valence-corrected chi connectivity index (χ2v) is 6.28. The van der Waals surface area contributed by atoms with Crippen molar-refractivity contribution in [3.8, 4) is 0 Å². The van der Waals surface area contributed by atoms with Gasteiger partial charge in [-0.3, -0.25) is 4.68 Å². The Hall–Kier alpha value is -1.78. The average molecular weight is 314 g/mol. The summed E-state index contributed by atoms with van der Waals surface area (Å²) in [5.41, 5.74) is 6.46. The fraction of sp³-hybridized carbons (Fsp3) is 0.545. The molecule has 0 unspecified atom stereocenters. The van der Waals surface area contributed by atoms with E-state index in [1.54, 1.807) is 25.5 Å². The van der Waals surface area contributed by atoms with Crippen molar-refractivity contribution >= 4 is 10.0 Å². The van der Waals surface area contributed by atoms with Crippen LogP contribution in [-0.4, -0.2) is 34.9 Å². The van der Waals surface area contributed by atoms with Gasteiger partial charge in [0.2, 0.25) is 15.9 Å². The highest BCUT2D eigenvalue weighted by Crippen LogP contribution is 2.19. The summed E-state index contributed by atoms with van der Waals surface area (Å²) in [5, 5.41) is 7.79. The minimum Gasteiger partial charge on any atom is -0.338 e. The third-order valence-electron chi connectivity index (χ3n) is 2.91. The number of nitrogens with zero attached hydrogens (tertiary/aromatic N) is 4. The van der Waals surface area contributed by atoms with Crippen LogP contribution in [0.1, 0.15) is 23.1 Å². The summed E-state index contributed by atoms with van der Waals surface area (Å²) in [7, 11) is -3.71. The van der Waals surface area contributed by atoms with Crippen LogP contribution in [0.4, 0.5) is 0 Å². The van der Waals surface area contributed by atoms with Crippen molar-refractivity contribution in [3.63, 3.8) is 0 Å². The van der Waals surface area contributed by atoms with Gasteiger partial charge in [-0.05, 0) is 20.8 Å². The molecule has 0 atom stereocenters. The molecular weight excluding hydrogens is 296 g/mol. The summed E-state index contributed by atoms with van der Waals surface area (Å²) in [6.45, 7) is 5.78. The van der Waals surface area contributed by atoms with Crippen molar-refractivity contribution in [2.45, 2.75) is 38.8 Å². The van der Waals surface area contributed by atoms with Crippen molar-refractivity contribution in [1.29, 1.82) is 0 Å². The standard InChI is InChI=1S/C11H18N6O3S/c1-7-11(8(2)17(15-7)5-4-12)21(18,19)13-6-10-14-9(3)16-20-10/h13H,4-6,12H2,1-3H3. The molecular formula is C11H18N6O3S. The topological polar surface area (TPSA) is 129 Å². The van der Waals surface area contributed by atoms with Crippen molar-refractivity contribution in [2.75, 3.05) is 6.54 Å². The van der Waals surface area contributed by atoms with Crippen molar-refractivity contribution in [3.05, 3.63) is 23.1 Å². The molecule has 21 heavy (non-hydrogen) atoms. The molecule has 2 rings (SSSR count). The van der Waals surface area contributed by atoms with Crippen LogP contribution in [0.25, 0.3) is 0 Å². The Labute approximate surface area is 122 Å². The van der Waals surface area contributed by atoms with Gasteiger partial charge < -0.3 is 10.3 Å². The molecule has 0 aliphatic heterocycles. The third-order valence-corrected chi connectivity index (χ3v) is 4.56. The molecule has 0 radical (unpaired) electrons. The molecule has 3 N–H and O–H groups in total. The Bertz CT molecular complexity index is 733. The highest BCUT2D eigenvalue weighted by Gasteiger charge is 2.24. The average Bonchev–Trinajstić information content (AvgIpc) is 2.93. The van der Waals surface area contributed by atoms with Gasteiger partial charge in [-0.2, -0.15) is 10.1 Å². The third kappa shape index (κ3) is 3.28. The Balaban J connectivity index is 2.23. The lowest BCUT2D eigenvalue weighted by atomic mass is 10.4. The van der Waals surface area contributed by atoms with E-state index in [0.29, 0.717) is 30.3 Å². The van der Waals surface area contributed by atoms with Crippen molar-refractivity contribution < 1.29 is 12.9 Å². The highest BCUT2D eigenvalue weighted by atomic mass is 32.2. The summed E-state index contributed by atoms with van der Waals surface area (Å²) in [6.07, 6.45) is 0. The lowest BCUT2D eigenvalue weighted by Crippen LogP contribution is -2.24. The van der Waals surface area contributed by atoms with Crippen molar-refractivity contribution in [2.24, 2.45) is 5.73 Å². The first kappa shape index (κ1) is 15.6. The second-order valence-electron chi connectivity index (χ2n) is 4.57. The smallest absolute Gasteiger partial charge is 0.244 e. The summed E-state index contributed by atoms with van der Waals surface area (Å²) >= 11 is 0.